The molecule has 108 valence electrons. The largest absolute Gasteiger partial charge is 0.481 e. The number of carbonyl (C=O) groups is 2. The minimum absolute atomic E-state index is 0.200. The number of carboxylic acid groups (broad SMARTS) is 1. The Bertz CT molecular complexity index is 387. The summed E-state index contributed by atoms with van der Waals surface area (Å²) in [5, 5.41) is 9.55. The molecule has 0 spiro atoms. The van der Waals surface area contributed by atoms with E-state index in [1.54, 1.807) is 4.90 Å². The zero-order chi connectivity index (χ0) is 14.3. The fourth-order valence-electron chi connectivity index (χ4n) is 3.42. The van der Waals surface area contributed by atoms with Crippen LogP contribution in [0, 0.1) is 5.41 Å². The Balaban J connectivity index is 2.18. The number of hydrogen-bond donors (Lipinski definition) is 1. The number of nitrogens with zero attached hydrogens (tertiary/aromatic N) is 1. The summed E-state index contributed by atoms with van der Waals surface area (Å²) in [4.78, 5) is 25.5. The molecule has 1 saturated heterocycles. The molecule has 2 fully saturated rings. The van der Waals surface area contributed by atoms with Crippen LogP contribution in [-0.4, -0.2) is 40.3 Å². The fourth-order valence-corrected chi connectivity index (χ4v) is 3.42. The van der Waals surface area contributed by atoms with E-state index in [-0.39, 0.29) is 12.1 Å². The van der Waals surface area contributed by atoms with Crippen molar-refractivity contribution in [3.05, 3.63) is 0 Å². The third-order valence-electron chi connectivity index (χ3n) is 4.19. The molecule has 19 heavy (non-hydrogen) atoms. The molecule has 0 aromatic rings. The summed E-state index contributed by atoms with van der Waals surface area (Å²) in [7, 11) is 0. The van der Waals surface area contributed by atoms with Crippen molar-refractivity contribution in [2.24, 2.45) is 5.41 Å². The normalized spacial score (nSPS) is 30.9. The van der Waals surface area contributed by atoms with Crippen LogP contribution in [-0.2, 0) is 9.53 Å². The van der Waals surface area contributed by atoms with Crippen LogP contribution in [0.5, 0.6) is 0 Å². The van der Waals surface area contributed by atoms with Crippen molar-refractivity contribution in [2.75, 3.05) is 6.54 Å². The highest BCUT2D eigenvalue weighted by molar-refractivity contribution is 5.78. The first-order valence-corrected chi connectivity index (χ1v) is 6.99. The van der Waals surface area contributed by atoms with Crippen LogP contribution in [0.3, 0.4) is 0 Å². The highest BCUT2D eigenvalue weighted by Gasteiger charge is 2.54. The predicted molar refractivity (Wildman–Crippen MR) is 69.9 cm³/mol. The number of carboxylic acids is 1. The van der Waals surface area contributed by atoms with Crippen molar-refractivity contribution in [3.63, 3.8) is 0 Å². The summed E-state index contributed by atoms with van der Waals surface area (Å²) < 4.78 is 5.40. The number of carbonyl (C=O) groups excluding carboxylic acids is 1. The van der Waals surface area contributed by atoms with Gasteiger partial charge in [-0.15, -0.1) is 0 Å². The lowest BCUT2D eigenvalue weighted by molar-refractivity contribution is -0.154. The predicted octanol–water partition coefficient (Wildman–Crippen LogP) is 2.64. The van der Waals surface area contributed by atoms with E-state index < -0.39 is 17.0 Å². The van der Waals surface area contributed by atoms with Crippen molar-refractivity contribution < 1.29 is 19.4 Å². The summed E-state index contributed by atoms with van der Waals surface area (Å²) in [6, 6.07) is -0.200. The van der Waals surface area contributed by atoms with Gasteiger partial charge in [0.1, 0.15) is 5.60 Å². The summed E-state index contributed by atoms with van der Waals surface area (Å²) in [6.07, 6.45) is 3.35. The molecule has 2 rings (SSSR count). The van der Waals surface area contributed by atoms with Crippen molar-refractivity contribution in [1.82, 2.24) is 4.90 Å². The molecule has 0 aromatic heterocycles. The Morgan fingerprint density at radius 3 is 2.47 bits per heavy atom. The lowest BCUT2D eigenvalue weighted by Gasteiger charge is -2.43. The Labute approximate surface area is 113 Å². The Morgan fingerprint density at radius 1 is 1.26 bits per heavy atom. The van der Waals surface area contributed by atoms with Crippen LogP contribution in [0.4, 0.5) is 4.79 Å². The third kappa shape index (κ3) is 2.55. The zero-order valence-electron chi connectivity index (χ0n) is 11.9. The molecule has 1 aliphatic carbocycles. The molecule has 1 amide bonds. The van der Waals surface area contributed by atoms with Crippen molar-refractivity contribution in [3.8, 4) is 0 Å². The average molecular weight is 269 g/mol. The molecule has 2 aliphatic rings. The molecule has 5 heteroatoms. The monoisotopic (exact) mass is 269 g/mol. The highest BCUT2D eigenvalue weighted by atomic mass is 16.6. The van der Waals surface area contributed by atoms with Gasteiger partial charge in [-0.05, 0) is 46.5 Å². The smallest absolute Gasteiger partial charge is 0.410 e. The Morgan fingerprint density at radius 2 is 1.89 bits per heavy atom. The molecular weight excluding hydrogens is 246 g/mol. The van der Waals surface area contributed by atoms with Gasteiger partial charge in [-0.3, -0.25) is 4.79 Å². The van der Waals surface area contributed by atoms with Gasteiger partial charge in [0.25, 0.3) is 0 Å². The van der Waals surface area contributed by atoms with Gasteiger partial charge >= 0.3 is 12.1 Å². The summed E-state index contributed by atoms with van der Waals surface area (Å²) in [6.45, 7) is 6.09. The molecule has 1 N–H and O–H groups in total. The van der Waals surface area contributed by atoms with E-state index >= 15 is 0 Å². The van der Waals surface area contributed by atoms with Crippen LogP contribution < -0.4 is 0 Å². The Kier molecular flexibility index (Phi) is 3.49. The van der Waals surface area contributed by atoms with E-state index in [0.717, 1.165) is 19.3 Å². The van der Waals surface area contributed by atoms with Crippen LogP contribution in [0.25, 0.3) is 0 Å². The maximum absolute atomic E-state index is 12.2. The minimum atomic E-state index is -0.761. The number of rotatable bonds is 1. The molecule has 0 radical (unpaired) electrons. The lowest BCUT2D eigenvalue weighted by atomic mass is 9.75. The number of ether oxygens (including phenoxy) is 1. The van der Waals surface area contributed by atoms with Crippen LogP contribution in [0.15, 0.2) is 0 Å². The molecule has 0 bridgehead atoms. The van der Waals surface area contributed by atoms with Gasteiger partial charge in [-0.1, -0.05) is 6.42 Å². The first-order valence-electron chi connectivity index (χ1n) is 6.99. The number of likely N-dealkylation sites (tertiary alicyclic amines) is 1. The molecule has 2 unspecified atom stereocenters. The molecule has 1 heterocycles. The third-order valence-corrected chi connectivity index (χ3v) is 4.19. The molecular formula is C14H23NO4. The van der Waals surface area contributed by atoms with Crippen molar-refractivity contribution in [1.29, 1.82) is 0 Å². The number of amides is 1. The van der Waals surface area contributed by atoms with Crippen LogP contribution in [0.2, 0.25) is 0 Å². The van der Waals surface area contributed by atoms with Crippen molar-refractivity contribution >= 4 is 12.1 Å². The maximum atomic E-state index is 12.2. The fraction of sp³-hybridized carbons (Fsp3) is 0.857. The van der Waals surface area contributed by atoms with Crippen LogP contribution >= 0.6 is 0 Å². The number of aliphatic carboxylic acids is 1. The second-order valence-electron chi connectivity index (χ2n) is 6.65. The standard InChI is InChI=1S/C14H23NO4/c1-13(2,3)19-12(18)15-9-5-8-14(11(16)17)7-4-6-10(14)15/h10H,4-9H2,1-3H3,(H,16,17). The summed E-state index contributed by atoms with van der Waals surface area (Å²) in [5.74, 6) is -0.761. The lowest BCUT2D eigenvalue weighted by Crippen LogP contribution is -2.55. The molecule has 2 atom stereocenters. The first kappa shape index (κ1) is 14.2. The van der Waals surface area contributed by atoms with Gasteiger partial charge in [-0.25, -0.2) is 4.79 Å². The van der Waals surface area contributed by atoms with Gasteiger partial charge in [-0.2, -0.15) is 0 Å². The number of hydrogen-bond acceptors (Lipinski definition) is 3. The summed E-state index contributed by atoms with van der Waals surface area (Å²) in [5.41, 5.74) is -1.28. The van der Waals surface area contributed by atoms with E-state index in [2.05, 4.69) is 0 Å². The molecule has 5 nitrogen and oxygen atoms in total. The zero-order valence-corrected chi connectivity index (χ0v) is 11.9. The topological polar surface area (TPSA) is 66.8 Å². The second kappa shape index (κ2) is 4.69. The number of fused-ring (bicyclic) bond motifs is 1. The average Bonchev–Trinajstić information content (AvgIpc) is 2.70. The molecule has 1 aliphatic heterocycles. The van der Waals surface area contributed by atoms with Gasteiger partial charge in [0, 0.05) is 6.54 Å². The van der Waals surface area contributed by atoms with Crippen molar-refractivity contribution in [2.45, 2.75) is 64.5 Å². The van der Waals surface area contributed by atoms with Gasteiger partial charge in [0.15, 0.2) is 0 Å². The van der Waals surface area contributed by atoms with Gasteiger partial charge in [0.2, 0.25) is 0 Å². The highest BCUT2D eigenvalue weighted by Crippen LogP contribution is 2.48. The number of piperidine rings is 1. The quantitative estimate of drug-likeness (QED) is 0.794. The maximum Gasteiger partial charge on any atom is 0.410 e. The van der Waals surface area contributed by atoms with E-state index in [1.807, 2.05) is 20.8 Å². The van der Waals surface area contributed by atoms with Gasteiger partial charge in [0.05, 0.1) is 11.5 Å². The van der Waals surface area contributed by atoms with Gasteiger partial charge < -0.3 is 14.7 Å². The minimum Gasteiger partial charge on any atom is -0.481 e. The Hall–Kier alpha value is -1.26. The SMILES string of the molecule is CC(C)(C)OC(=O)N1CCCC2(C(=O)O)CCCC12. The van der Waals surface area contributed by atoms with E-state index in [1.165, 1.54) is 0 Å². The molecule has 0 aromatic carbocycles. The van der Waals surface area contributed by atoms with Crippen LogP contribution in [0.1, 0.15) is 52.9 Å². The van der Waals surface area contributed by atoms with E-state index in [4.69, 9.17) is 4.74 Å². The summed E-state index contributed by atoms with van der Waals surface area (Å²) >= 11 is 0. The van der Waals surface area contributed by atoms with E-state index in [0.29, 0.717) is 19.4 Å². The van der Waals surface area contributed by atoms with E-state index in [9.17, 15) is 14.7 Å². The molecule has 1 saturated carbocycles. The first-order chi connectivity index (χ1) is 8.76. The second-order valence-corrected chi connectivity index (χ2v) is 6.65.